The zero-order chi connectivity index (χ0) is 14.9. The molecule has 1 heterocycles. The van der Waals surface area contributed by atoms with E-state index in [4.69, 9.17) is 0 Å². The second-order valence-corrected chi connectivity index (χ2v) is 7.34. The molecule has 21 heavy (non-hydrogen) atoms. The lowest BCUT2D eigenvalue weighted by molar-refractivity contribution is 0.0696. The Kier molecular flexibility index (Phi) is 4.25. The number of hydrogen-bond donors (Lipinski definition) is 1. The second-order valence-electron chi connectivity index (χ2n) is 6.49. The third kappa shape index (κ3) is 2.96. The average molecular weight is 352 g/mol. The van der Waals surface area contributed by atoms with Crippen molar-refractivity contribution in [2.45, 2.75) is 44.9 Å². The summed E-state index contributed by atoms with van der Waals surface area (Å²) in [6, 6.07) is 5.67. The van der Waals surface area contributed by atoms with E-state index in [0.29, 0.717) is 15.5 Å². The van der Waals surface area contributed by atoms with Crippen LogP contribution >= 0.6 is 15.9 Å². The van der Waals surface area contributed by atoms with Gasteiger partial charge in [0.25, 0.3) is 0 Å². The van der Waals surface area contributed by atoms with Gasteiger partial charge in [-0.05, 0) is 59.2 Å². The highest BCUT2D eigenvalue weighted by atomic mass is 79.9. The van der Waals surface area contributed by atoms with Crippen LogP contribution in [0.4, 0.5) is 5.69 Å². The first-order valence-corrected chi connectivity index (χ1v) is 8.67. The number of carboxylic acid groups (broad SMARTS) is 1. The Balaban J connectivity index is 1.78. The van der Waals surface area contributed by atoms with Crippen molar-refractivity contribution in [3.63, 3.8) is 0 Å². The number of halogens is 1. The molecule has 0 radical (unpaired) electrons. The van der Waals surface area contributed by atoms with E-state index in [1.165, 1.54) is 44.9 Å². The van der Waals surface area contributed by atoms with Gasteiger partial charge in [-0.2, -0.15) is 0 Å². The molecule has 2 aliphatic rings. The van der Waals surface area contributed by atoms with Crippen molar-refractivity contribution in [3.8, 4) is 0 Å². The van der Waals surface area contributed by atoms with Crippen molar-refractivity contribution in [2.75, 3.05) is 18.0 Å². The number of anilines is 1. The molecule has 1 aromatic rings. The number of rotatable bonds is 2. The molecule has 3 nitrogen and oxygen atoms in total. The van der Waals surface area contributed by atoms with Crippen molar-refractivity contribution in [1.29, 1.82) is 0 Å². The number of carbonyl (C=O) groups is 1. The van der Waals surface area contributed by atoms with E-state index in [1.807, 2.05) is 12.1 Å². The van der Waals surface area contributed by atoms with Crippen LogP contribution in [0.25, 0.3) is 0 Å². The molecule has 114 valence electrons. The summed E-state index contributed by atoms with van der Waals surface area (Å²) in [6.45, 7) is 1.97. The molecule has 2 fully saturated rings. The van der Waals surface area contributed by atoms with E-state index in [2.05, 4.69) is 20.8 Å². The summed E-state index contributed by atoms with van der Waals surface area (Å²) in [7, 11) is 0. The van der Waals surface area contributed by atoms with E-state index in [-0.39, 0.29) is 0 Å². The van der Waals surface area contributed by atoms with Crippen LogP contribution in [0.15, 0.2) is 22.7 Å². The number of nitrogens with zero attached hydrogens (tertiary/aromatic N) is 1. The first kappa shape index (κ1) is 14.9. The van der Waals surface area contributed by atoms with Crippen LogP contribution < -0.4 is 4.90 Å². The Morgan fingerprint density at radius 1 is 1.10 bits per heavy atom. The summed E-state index contributed by atoms with van der Waals surface area (Å²) in [6.07, 6.45) is 9.28. The van der Waals surface area contributed by atoms with Crippen molar-refractivity contribution < 1.29 is 9.90 Å². The fourth-order valence-electron chi connectivity index (χ4n) is 4.01. The van der Waals surface area contributed by atoms with Crippen LogP contribution in [0.5, 0.6) is 0 Å². The molecule has 0 atom stereocenters. The summed E-state index contributed by atoms with van der Waals surface area (Å²) < 4.78 is 0.672. The highest BCUT2D eigenvalue weighted by Crippen LogP contribution is 2.45. The summed E-state index contributed by atoms with van der Waals surface area (Å²) in [5.74, 6) is -0.851. The van der Waals surface area contributed by atoms with Crippen molar-refractivity contribution in [2.24, 2.45) is 5.41 Å². The van der Waals surface area contributed by atoms with E-state index in [9.17, 15) is 9.90 Å². The minimum absolute atomic E-state index is 0.400. The van der Waals surface area contributed by atoms with Crippen LogP contribution in [0, 0.1) is 5.41 Å². The highest BCUT2D eigenvalue weighted by molar-refractivity contribution is 9.10. The fourth-order valence-corrected chi connectivity index (χ4v) is 4.54. The largest absolute Gasteiger partial charge is 0.478 e. The predicted octanol–water partition coefficient (Wildman–Crippen LogP) is 4.70. The van der Waals surface area contributed by atoms with Gasteiger partial charge in [-0.15, -0.1) is 0 Å². The van der Waals surface area contributed by atoms with E-state index >= 15 is 0 Å². The summed E-state index contributed by atoms with van der Waals surface area (Å²) >= 11 is 3.38. The smallest absolute Gasteiger partial charge is 0.338 e. The number of aromatic carboxylic acids is 1. The molecule has 1 spiro atoms. The normalized spacial score (nSPS) is 21.5. The lowest BCUT2D eigenvalue weighted by atomic mass is 9.68. The molecule has 1 aromatic carbocycles. The van der Waals surface area contributed by atoms with E-state index in [0.717, 1.165) is 18.8 Å². The zero-order valence-corrected chi connectivity index (χ0v) is 13.9. The van der Waals surface area contributed by atoms with Gasteiger partial charge in [0.1, 0.15) is 0 Å². The minimum Gasteiger partial charge on any atom is -0.478 e. The minimum atomic E-state index is -0.851. The monoisotopic (exact) mass is 351 g/mol. The van der Waals surface area contributed by atoms with Gasteiger partial charge in [-0.1, -0.05) is 25.3 Å². The summed E-state index contributed by atoms with van der Waals surface area (Å²) in [4.78, 5) is 13.8. The Bertz CT molecular complexity index is 528. The summed E-state index contributed by atoms with van der Waals surface area (Å²) in [5, 5.41) is 9.46. The molecule has 0 unspecified atom stereocenters. The third-order valence-electron chi connectivity index (χ3n) is 5.28. The van der Waals surface area contributed by atoms with Crippen LogP contribution in [0.3, 0.4) is 0 Å². The van der Waals surface area contributed by atoms with Gasteiger partial charge in [0, 0.05) is 17.6 Å². The topological polar surface area (TPSA) is 40.5 Å². The number of hydrogen-bond acceptors (Lipinski definition) is 2. The molecule has 1 N–H and O–H groups in total. The maximum atomic E-state index is 11.5. The fraction of sp³-hybridized carbons (Fsp3) is 0.588. The molecule has 0 aromatic heterocycles. The third-order valence-corrected chi connectivity index (χ3v) is 5.95. The van der Waals surface area contributed by atoms with Crippen molar-refractivity contribution in [1.82, 2.24) is 0 Å². The molecular formula is C17H22BrNO2. The van der Waals surface area contributed by atoms with Crippen LogP contribution in [-0.4, -0.2) is 24.2 Å². The van der Waals surface area contributed by atoms with Gasteiger partial charge < -0.3 is 10.0 Å². The average Bonchev–Trinajstić information content (AvgIpc) is 2.48. The van der Waals surface area contributed by atoms with Gasteiger partial charge >= 0.3 is 5.97 Å². The first-order valence-electron chi connectivity index (χ1n) is 7.88. The summed E-state index contributed by atoms with van der Waals surface area (Å²) in [5.41, 5.74) is 1.81. The quantitative estimate of drug-likeness (QED) is 0.839. The number of carboxylic acids is 1. The second kappa shape index (κ2) is 5.99. The Morgan fingerprint density at radius 2 is 1.76 bits per heavy atom. The van der Waals surface area contributed by atoms with Crippen LogP contribution in [0.1, 0.15) is 55.3 Å². The molecule has 0 bridgehead atoms. The highest BCUT2D eigenvalue weighted by Gasteiger charge is 2.36. The SMILES string of the molecule is O=C(O)c1c(Br)cccc1N1CCC2(CCCCC2)CC1. The van der Waals surface area contributed by atoms with Gasteiger partial charge in [-0.25, -0.2) is 4.79 Å². The Labute approximate surface area is 134 Å². The molecule has 1 aliphatic heterocycles. The van der Waals surface area contributed by atoms with E-state index < -0.39 is 5.97 Å². The van der Waals surface area contributed by atoms with Gasteiger partial charge in [0.05, 0.1) is 11.3 Å². The predicted molar refractivity (Wildman–Crippen MR) is 88.1 cm³/mol. The number of piperidine rings is 1. The van der Waals surface area contributed by atoms with Gasteiger partial charge in [-0.3, -0.25) is 0 Å². The molecule has 4 heteroatoms. The Morgan fingerprint density at radius 3 is 2.38 bits per heavy atom. The molecule has 1 aliphatic carbocycles. The van der Waals surface area contributed by atoms with Crippen LogP contribution in [-0.2, 0) is 0 Å². The van der Waals surface area contributed by atoms with Gasteiger partial charge in [0.15, 0.2) is 0 Å². The molecule has 1 saturated carbocycles. The van der Waals surface area contributed by atoms with Gasteiger partial charge in [0.2, 0.25) is 0 Å². The first-order chi connectivity index (χ1) is 10.1. The standard InChI is InChI=1S/C17H22BrNO2/c18-13-5-4-6-14(15(13)16(20)21)19-11-9-17(10-12-19)7-2-1-3-8-17/h4-6H,1-3,7-12H2,(H,20,21). The molecule has 1 saturated heterocycles. The lowest BCUT2D eigenvalue weighted by Gasteiger charge is -2.45. The van der Waals surface area contributed by atoms with Crippen molar-refractivity contribution >= 4 is 27.6 Å². The molecule has 0 amide bonds. The Hall–Kier alpha value is -1.03. The number of benzene rings is 1. The lowest BCUT2D eigenvalue weighted by Crippen LogP contribution is -2.41. The maximum Gasteiger partial charge on any atom is 0.338 e. The molecular weight excluding hydrogens is 330 g/mol. The molecule has 3 rings (SSSR count). The zero-order valence-electron chi connectivity index (χ0n) is 12.3. The van der Waals surface area contributed by atoms with Crippen LogP contribution in [0.2, 0.25) is 0 Å². The van der Waals surface area contributed by atoms with E-state index in [1.54, 1.807) is 6.07 Å². The van der Waals surface area contributed by atoms with Crippen molar-refractivity contribution in [3.05, 3.63) is 28.2 Å². The maximum absolute atomic E-state index is 11.5.